The fourth-order valence-corrected chi connectivity index (χ4v) is 9.90. The van der Waals surface area contributed by atoms with E-state index >= 15 is 9.13 Å². The zero-order valence-electron chi connectivity index (χ0n) is 34.7. The van der Waals surface area contributed by atoms with Crippen LogP contribution in [0.1, 0.15) is 23.2 Å². The van der Waals surface area contributed by atoms with E-state index in [1.165, 1.54) is 38.5 Å². The van der Waals surface area contributed by atoms with Gasteiger partial charge in [-0.05, 0) is 59.7 Å². The maximum atomic E-state index is 15.4. The third kappa shape index (κ3) is 9.20. The topological polar surface area (TPSA) is 226 Å². The number of nitrogens with zero attached hydrogens (tertiary/aromatic N) is 4. The fourth-order valence-electron chi connectivity index (χ4n) is 6.80. The highest BCUT2D eigenvalue weighted by atomic mass is 31.2. The van der Waals surface area contributed by atoms with E-state index < -0.39 is 39.5 Å². The van der Waals surface area contributed by atoms with Crippen molar-refractivity contribution in [2.45, 2.75) is 12.1 Å². The lowest BCUT2D eigenvalue weighted by atomic mass is 10.1. The van der Waals surface area contributed by atoms with Gasteiger partial charge in [-0.1, -0.05) is 109 Å². The van der Waals surface area contributed by atoms with E-state index in [0.717, 1.165) is 0 Å². The van der Waals surface area contributed by atoms with Crippen molar-refractivity contribution in [2.75, 3.05) is 14.2 Å². The Morgan fingerprint density at radius 2 is 0.682 bits per heavy atom. The third-order valence-electron chi connectivity index (χ3n) is 9.91. The van der Waals surface area contributed by atoms with Crippen LogP contribution in [0, 0.1) is 0 Å². The summed E-state index contributed by atoms with van der Waals surface area (Å²) in [5.74, 6) is -2.27. The van der Waals surface area contributed by atoms with Crippen LogP contribution < -0.4 is 28.3 Å². The number of nitrogens with one attached hydrogen (secondary N) is 2. The summed E-state index contributed by atoms with van der Waals surface area (Å²) in [5, 5.41) is 22.7. The fraction of sp³-hybridized carbons (Fsp3) is 0.0870. The van der Waals surface area contributed by atoms with E-state index in [4.69, 9.17) is 36.4 Å². The zero-order valence-corrected chi connectivity index (χ0v) is 36.5. The van der Waals surface area contributed by atoms with Crippen molar-refractivity contribution >= 4 is 27.4 Å². The Bertz CT molecular complexity index is 2790. The summed E-state index contributed by atoms with van der Waals surface area (Å²) in [4.78, 5) is 26.8. The van der Waals surface area contributed by atoms with Crippen LogP contribution in [-0.2, 0) is 28.2 Å². The van der Waals surface area contributed by atoms with Crippen LogP contribution in [-0.4, -0.2) is 46.6 Å². The van der Waals surface area contributed by atoms with Gasteiger partial charge in [-0.2, -0.15) is 10.2 Å². The lowest BCUT2D eigenvalue weighted by Crippen LogP contribution is -2.30. The number of esters is 2. The number of aromatic nitrogens is 4. The van der Waals surface area contributed by atoms with Crippen LogP contribution in [0.15, 0.2) is 167 Å². The van der Waals surface area contributed by atoms with Gasteiger partial charge in [0.2, 0.25) is 0 Å². The molecule has 3 heterocycles. The Balaban J connectivity index is 1.22. The minimum absolute atomic E-state index is 0.0646. The van der Waals surface area contributed by atoms with Crippen molar-refractivity contribution < 1.29 is 55.1 Å². The Morgan fingerprint density at radius 3 is 0.955 bits per heavy atom. The van der Waals surface area contributed by atoms with Gasteiger partial charge in [0.25, 0.3) is 23.6 Å². The second kappa shape index (κ2) is 18.7. The zero-order chi connectivity index (χ0) is 45.7. The molecule has 0 fully saturated rings. The van der Waals surface area contributed by atoms with Gasteiger partial charge >= 0.3 is 27.4 Å². The predicted molar refractivity (Wildman–Crippen MR) is 237 cm³/mol. The highest BCUT2D eigenvalue weighted by Crippen LogP contribution is 2.53. The van der Waals surface area contributed by atoms with E-state index in [2.05, 4.69) is 30.6 Å². The van der Waals surface area contributed by atoms with Gasteiger partial charge in [-0.25, -0.2) is 18.7 Å². The SMILES string of the molecule is COC(=O)[C@@H](NP1(=O)Oc2ccccc2-c2nnc(o2)-c2ccccc2OP(=O)(N[C@H](C(=O)OC)c2ccccc2)Oc2ccccc2-c2nnc(o2)-c2ccccc2O1)c1ccccc1. The van der Waals surface area contributed by atoms with Gasteiger partial charge in [0.15, 0.2) is 0 Å². The smallest absolute Gasteiger partial charge is 0.468 e. The molecule has 8 aromatic rings. The number of methoxy groups -OCH3 is 2. The van der Waals surface area contributed by atoms with Gasteiger partial charge in [0.1, 0.15) is 35.1 Å². The maximum Gasteiger partial charge on any atom is 0.513 e. The minimum Gasteiger partial charge on any atom is -0.468 e. The van der Waals surface area contributed by atoms with Crippen LogP contribution >= 0.6 is 15.5 Å². The third-order valence-corrected chi connectivity index (χ3v) is 12.8. The Labute approximate surface area is 376 Å². The monoisotopic (exact) mass is 926 g/mol. The van der Waals surface area contributed by atoms with Crippen molar-refractivity contribution in [2.24, 2.45) is 0 Å². The van der Waals surface area contributed by atoms with Crippen LogP contribution in [0.25, 0.3) is 45.8 Å². The number of carbonyl (C=O) groups excluding carboxylic acids is 2. The molecular formula is C46H36N6O12P2. The molecule has 2 N–H and O–H groups in total. The summed E-state index contributed by atoms with van der Waals surface area (Å²) in [6.45, 7) is 0. The van der Waals surface area contributed by atoms with E-state index in [-0.39, 0.29) is 68.8 Å². The minimum atomic E-state index is -4.76. The van der Waals surface area contributed by atoms with Crippen molar-refractivity contribution in [3.05, 3.63) is 169 Å². The lowest BCUT2D eigenvalue weighted by Gasteiger charge is -2.26. The summed E-state index contributed by atoms with van der Waals surface area (Å²) in [7, 11) is -7.13. The first-order valence-electron chi connectivity index (χ1n) is 20.0. The Hall–Kier alpha value is -7.88. The number of ether oxygens (including phenoxy) is 2. The molecule has 0 unspecified atom stereocenters. The molecule has 0 spiro atoms. The van der Waals surface area contributed by atoms with Gasteiger partial charge < -0.3 is 36.4 Å². The summed E-state index contributed by atoms with van der Waals surface area (Å²) >= 11 is 0. The van der Waals surface area contributed by atoms with Crippen molar-refractivity contribution in [1.82, 2.24) is 30.6 Å². The first-order chi connectivity index (χ1) is 32.1. The summed E-state index contributed by atoms with van der Waals surface area (Å²) in [6, 6.07) is 39.6. The lowest BCUT2D eigenvalue weighted by molar-refractivity contribution is -0.143. The number of rotatable bonds is 8. The average molecular weight is 927 g/mol. The summed E-state index contributed by atoms with van der Waals surface area (Å²) in [6.07, 6.45) is 0. The first kappa shape index (κ1) is 43.4. The molecule has 332 valence electrons. The summed E-state index contributed by atoms with van der Waals surface area (Å²) in [5.41, 5.74) is 1.44. The molecule has 4 bridgehead atoms. The van der Waals surface area contributed by atoms with E-state index in [1.807, 2.05) is 0 Å². The average Bonchev–Trinajstić information content (AvgIpc) is 4.05. The molecule has 1 aliphatic heterocycles. The van der Waals surface area contributed by atoms with E-state index in [0.29, 0.717) is 11.1 Å². The molecular weight excluding hydrogens is 890 g/mol. The molecule has 0 aliphatic carbocycles. The summed E-state index contributed by atoms with van der Waals surface area (Å²) < 4.78 is 78.8. The number of carbonyl (C=O) groups is 2. The molecule has 0 saturated heterocycles. The van der Waals surface area contributed by atoms with Crippen LogP contribution in [0.5, 0.6) is 23.0 Å². The van der Waals surface area contributed by atoms with Crippen molar-refractivity contribution in [1.29, 1.82) is 0 Å². The van der Waals surface area contributed by atoms with Crippen molar-refractivity contribution in [3.8, 4) is 68.8 Å². The molecule has 1 aliphatic rings. The predicted octanol–water partition coefficient (Wildman–Crippen LogP) is 9.57. The molecule has 0 saturated carbocycles. The molecule has 20 heteroatoms. The number of hydrogen-bond donors (Lipinski definition) is 2. The van der Waals surface area contributed by atoms with E-state index in [1.54, 1.807) is 133 Å². The van der Waals surface area contributed by atoms with Gasteiger partial charge in [-0.3, -0.25) is 0 Å². The first-order valence-corrected chi connectivity index (χ1v) is 23.1. The van der Waals surface area contributed by atoms with Gasteiger partial charge in [0, 0.05) is 0 Å². The second-order valence-corrected chi connectivity index (χ2v) is 17.4. The standard InChI is InChI=1S/C46H36N6O12P2/c1-57-45(53)39(29-17-5-3-6-18-29)51-65(55)61-35-25-13-9-21-31(35)41-47-49-43(59-41)33-23-11-15-27-37(33)63-66(56,52-40(46(54)58-2)30-19-7-4-8-20-30)64-38-28-16-12-24-34(38)44-50-48-42(60-44)32-22-10-14-26-36(32)62-65/h3-28,39-40H,1-2H3,(H,51,55)(H,52,56)/t39-,40-,65?,66?/m0/s1. The van der Waals surface area contributed by atoms with Gasteiger partial charge in [0.05, 0.1) is 36.5 Å². The Kier molecular flexibility index (Phi) is 12.3. The maximum absolute atomic E-state index is 15.4. The Morgan fingerprint density at radius 1 is 0.424 bits per heavy atom. The number of benzene rings is 6. The highest BCUT2D eigenvalue weighted by Gasteiger charge is 2.40. The van der Waals surface area contributed by atoms with Crippen LogP contribution in [0.2, 0.25) is 0 Å². The molecule has 0 radical (unpaired) electrons. The second-order valence-electron chi connectivity index (χ2n) is 14.2. The molecule has 2 aromatic heterocycles. The molecule has 2 atom stereocenters. The largest absolute Gasteiger partial charge is 0.513 e. The van der Waals surface area contributed by atoms with Gasteiger partial charge in [-0.15, -0.1) is 20.4 Å². The van der Waals surface area contributed by atoms with E-state index in [9.17, 15) is 9.59 Å². The number of hydrogen-bond acceptors (Lipinski definition) is 16. The number of fused-ring (bicyclic) bond motifs is 12. The van der Waals surface area contributed by atoms with Crippen LogP contribution in [0.3, 0.4) is 0 Å². The molecule has 18 nitrogen and oxygen atoms in total. The van der Waals surface area contributed by atoms with Crippen molar-refractivity contribution in [3.63, 3.8) is 0 Å². The van der Waals surface area contributed by atoms with Crippen LogP contribution in [0.4, 0.5) is 0 Å². The molecule has 9 rings (SSSR count). The number of para-hydroxylation sites is 4. The quantitative estimate of drug-likeness (QED) is 0.107. The normalized spacial score (nSPS) is 17.5. The molecule has 66 heavy (non-hydrogen) atoms. The highest BCUT2D eigenvalue weighted by molar-refractivity contribution is 7.52. The molecule has 0 amide bonds. The molecule has 6 aromatic carbocycles.